The number of fused-ring (bicyclic) bond motifs is 1. The fourth-order valence-corrected chi connectivity index (χ4v) is 3.31. The second kappa shape index (κ2) is 6.62. The molecular weight excluding hydrogens is 316 g/mol. The molecule has 2 aromatic rings. The highest BCUT2D eigenvalue weighted by Gasteiger charge is 2.22. The van der Waals surface area contributed by atoms with Crippen LogP contribution in [-0.2, 0) is 4.79 Å². The smallest absolute Gasteiger partial charge is 0.243 e. The van der Waals surface area contributed by atoms with E-state index in [1.165, 1.54) is 0 Å². The van der Waals surface area contributed by atoms with Crippen LogP contribution in [0, 0.1) is 0 Å². The summed E-state index contributed by atoms with van der Waals surface area (Å²) in [5, 5.41) is 14.5. The molecule has 0 bridgehead atoms. The summed E-state index contributed by atoms with van der Waals surface area (Å²) < 4.78 is 1.73. The maximum Gasteiger partial charge on any atom is 0.243 e. The van der Waals surface area contributed by atoms with Crippen molar-refractivity contribution in [2.75, 3.05) is 17.7 Å². The van der Waals surface area contributed by atoms with Crippen molar-refractivity contribution >= 4 is 34.8 Å². The Morgan fingerprint density at radius 2 is 2.00 bits per heavy atom. The molecule has 3 N–H and O–H groups in total. The van der Waals surface area contributed by atoms with Crippen LogP contribution in [0.5, 0.6) is 0 Å². The number of aromatic nitrogens is 3. The third kappa shape index (κ3) is 3.50. The Balaban J connectivity index is 1.69. The molecule has 1 saturated carbocycles. The first-order valence-corrected chi connectivity index (χ1v) is 8.21. The molecule has 0 saturated heterocycles. The van der Waals surface area contributed by atoms with Crippen LogP contribution < -0.4 is 16.0 Å². The van der Waals surface area contributed by atoms with Gasteiger partial charge in [0.15, 0.2) is 5.82 Å². The molecule has 1 fully saturated rings. The Morgan fingerprint density at radius 1 is 1.30 bits per heavy atom. The van der Waals surface area contributed by atoms with Gasteiger partial charge in [-0.15, -0.1) is 5.10 Å². The molecule has 0 radical (unpaired) electrons. The number of hydrogen-bond acceptors (Lipinski definition) is 5. The highest BCUT2D eigenvalue weighted by Crippen LogP contribution is 2.26. The van der Waals surface area contributed by atoms with Crippen LogP contribution in [0.4, 0.5) is 11.8 Å². The standard InChI is InChI=1S/C15H21ClN6O/c1-9(23)18-10-3-5-11(6-4-10)19-15-20-14(17-2)13-12(16)7-8-22(13)21-15/h7-8,10-11H,3-6H2,1-2H3,(H,18,23)(H2,17,19,20,21)/t10-,11-. The molecule has 23 heavy (non-hydrogen) atoms. The molecule has 0 aromatic carbocycles. The summed E-state index contributed by atoms with van der Waals surface area (Å²) in [6, 6.07) is 2.40. The largest absolute Gasteiger partial charge is 0.371 e. The maximum absolute atomic E-state index is 11.1. The van der Waals surface area contributed by atoms with E-state index in [9.17, 15) is 4.79 Å². The molecule has 1 aliphatic rings. The number of halogens is 1. The monoisotopic (exact) mass is 336 g/mol. The van der Waals surface area contributed by atoms with Gasteiger partial charge in [-0.25, -0.2) is 4.52 Å². The van der Waals surface area contributed by atoms with Gasteiger partial charge in [0.05, 0.1) is 5.02 Å². The Labute approximate surface area is 139 Å². The van der Waals surface area contributed by atoms with E-state index in [4.69, 9.17) is 11.6 Å². The van der Waals surface area contributed by atoms with Crippen LogP contribution in [-0.4, -0.2) is 39.6 Å². The van der Waals surface area contributed by atoms with Gasteiger partial charge >= 0.3 is 0 Å². The van der Waals surface area contributed by atoms with Crippen molar-refractivity contribution in [3.63, 3.8) is 0 Å². The molecule has 8 heteroatoms. The predicted molar refractivity (Wildman–Crippen MR) is 91.0 cm³/mol. The molecule has 0 unspecified atom stereocenters. The molecule has 124 valence electrons. The van der Waals surface area contributed by atoms with E-state index in [0.29, 0.717) is 22.8 Å². The van der Waals surface area contributed by atoms with Crippen molar-refractivity contribution < 1.29 is 4.79 Å². The first-order chi connectivity index (χ1) is 11.1. The first kappa shape index (κ1) is 15.9. The zero-order valence-electron chi connectivity index (χ0n) is 13.3. The molecule has 3 rings (SSSR count). The molecule has 0 atom stereocenters. The normalized spacial score (nSPS) is 21.2. The summed E-state index contributed by atoms with van der Waals surface area (Å²) >= 11 is 6.16. The van der Waals surface area contributed by atoms with Crippen molar-refractivity contribution in [3.05, 3.63) is 17.3 Å². The van der Waals surface area contributed by atoms with Crippen molar-refractivity contribution in [3.8, 4) is 0 Å². The highest BCUT2D eigenvalue weighted by molar-refractivity contribution is 6.34. The first-order valence-electron chi connectivity index (χ1n) is 7.83. The molecule has 2 aromatic heterocycles. The quantitative estimate of drug-likeness (QED) is 0.797. The Morgan fingerprint density at radius 3 is 2.65 bits per heavy atom. The lowest BCUT2D eigenvalue weighted by Gasteiger charge is -2.29. The summed E-state index contributed by atoms with van der Waals surface area (Å²) in [5.74, 6) is 1.32. The number of amides is 1. The fraction of sp³-hybridized carbons (Fsp3) is 0.533. The van der Waals surface area contributed by atoms with Gasteiger partial charge in [0.2, 0.25) is 11.9 Å². The number of nitrogens with zero attached hydrogens (tertiary/aromatic N) is 3. The number of carbonyl (C=O) groups excluding carboxylic acids is 1. The molecule has 1 aliphatic carbocycles. The lowest BCUT2D eigenvalue weighted by atomic mass is 9.91. The predicted octanol–water partition coefficient (Wildman–Crippen LogP) is 2.28. The Kier molecular flexibility index (Phi) is 4.56. The summed E-state index contributed by atoms with van der Waals surface area (Å²) in [6.45, 7) is 1.56. The van der Waals surface area contributed by atoms with Gasteiger partial charge in [0, 0.05) is 32.3 Å². The van der Waals surface area contributed by atoms with E-state index in [-0.39, 0.29) is 11.9 Å². The molecule has 1 amide bonds. The minimum absolute atomic E-state index is 0.0401. The summed E-state index contributed by atoms with van der Waals surface area (Å²) in [5.41, 5.74) is 0.772. The number of anilines is 2. The zero-order chi connectivity index (χ0) is 16.4. The summed E-state index contributed by atoms with van der Waals surface area (Å²) in [4.78, 5) is 15.6. The van der Waals surface area contributed by atoms with Crippen molar-refractivity contribution in [2.24, 2.45) is 0 Å². The van der Waals surface area contributed by atoms with E-state index < -0.39 is 0 Å². The number of rotatable bonds is 4. The summed E-state index contributed by atoms with van der Waals surface area (Å²) in [7, 11) is 1.81. The fourth-order valence-electron chi connectivity index (χ4n) is 3.07. The van der Waals surface area contributed by atoms with Crippen LogP contribution in [0.15, 0.2) is 12.3 Å². The maximum atomic E-state index is 11.1. The molecule has 2 heterocycles. The molecule has 0 aliphatic heterocycles. The lowest BCUT2D eigenvalue weighted by Crippen LogP contribution is -2.39. The van der Waals surface area contributed by atoms with Crippen LogP contribution in [0.1, 0.15) is 32.6 Å². The topological polar surface area (TPSA) is 83.4 Å². The van der Waals surface area contributed by atoms with Crippen molar-refractivity contribution in [2.45, 2.75) is 44.7 Å². The molecular formula is C15H21ClN6O. The average molecular weight is 337 g/mol. The van der Waals surface area contributed by atoms with Crippen molar-refractivity contribution in [1.82, 2.24) is 19.9 Å². The average Bonchev–Trinajstić information content (AvgIpc) is 2.89. The number of nitrogens with one attached hydrogen (secondary N) is 3. The van der Waals surface area contributed by atoms with E-state index in [2.05, 4.69) is 26.0 Å². The van der Waals surface area contributed by atoms with Crippen LogP contribution in [0.3, 0.4) is 0 Å². The Hall–Kier alpha value is -2.02. The third-order valence-electron chi connectivity index (χ3n) is 4.17. The SMILES string of the molecule is CNc1nc(N[C@H]2CC[C@H](NC(C)=O)CC2)nn2ccc(Cl)c12. The van der Waals surface area contributed by atoms with E-state index in [0.717, 1.165) is 31.2 Å². The molecule has 7 nitrogen and oxygen atoms in total. The van der Waals surface area contributed by atoms with E-state index in [1.807, 2.05) is 13.2 Å². The van der Waals surface area contributed by atoms with Gasteiger partial charge in [0.1, 0.15) is 5.52 Å². The van der Waals surface area contributed by atoms with Gasteiger partial charge in [-0.3, -0.25) is 4.79 Å². The van der Waals surface area contributed by atoms with Gasteiger partial charge in [-0.05, 0) is 31.7 Å². The number of hydrogen-bond donors (Lipinski definition) is 3. The van der Waals surface area contributed by atoms with E-state index >= 15 is 0 Å². The van der Waals surface area contributed by atoms with Crippen molar-refractivity contribution in [1.29, 1.82) is 0 Å². The van der Waals surface area contributed by atoms with Crippen LogP contribution in [0.25, 0.3) is 5.52 Å². The Bertz CT molecular complexity index is 707. The summed E-state index contributed by atoms with van der Waals surface area (Å²) in [6.07, 6.45) is 5.71. The minimum atomic E-state index is 0.0401. The zero-order valence-corrected chi connectivity index (χ0v) is 14.0. The molecule has 0 spiro atoms. The van der Waals surface area contributed by atoms with Gasteiger partial charge in [-0.2, -0.15) is 4.98 Å². The van der Waals surface area contributed by atoms with Crippen LogP contribution >= 0.6 is 11.6 Å². The number of carbonyl (C=O) groups is 1. The van der Waals surface area contributed by atoms with Crippen LogP contribution in [0.2, 0.25) is 5.02 Å². The van der Waals surface area contributed by atoms with E-state index in [1.54, 1.807) is 17.5 Å². The second-order valence-corrected chi connectivity index (χ2v) is 6.29. The van der Waals surface area contributed by atoms with Gasteiger partial charge < -0.3 is 16.0 Å². The lowest BCUT2D eigenvalue weighted by molar-refractivity contribution is -0.119. The van der Waals surface area contributed by atoms with Gasteiger partial charge in [-0.1, -0.05) is 11.6 Å². The second-order valence-electron chi connectivity index (χ2n) is 5.88. The third-order valence-corrected chi connectivity index (χ3v) is 4.47. The minimum Gasteiger partial charge on any atom is -0.371 e. The van der Waals surface area contributed by atoms with Gasteiger partial charge in [0.25, 0.3) is 0 Å². The highest BCUT2D eigenvalue weighted by atomic mass is 35.5.